The lowest BCUT2D eigenvalue weighted by Crippen LogP contribution is -2.52. The van der Waals surface area contributed by atoms with Crippen molar-refractivity contribution in [1.29, 1.82) is 0 Å². The van der Waals surface area contributed by atoms with E-state index in [1.165, 1.54) is 0 Å². The van der Waals surface area contributed by atoms with E-state index < -0.39 is 23.7 Å². The SMILES string of the molecule is OC(CN1CC[C@](O)(c2ccccc2)[C@@H](C(O)c2ccccc2)C1)c1ccccc1. The third-order valence-corrected chi connectivity index (χ3v) is 6.29. The van der Waals surface area contributed by atoms with Gasteiger partial charge >= 0.3 is 0 Å². The van der Waals surface area contributed by atoms with Crippen LogP contribution in [-0.4, -0.2) is 39.9 Å². The molecule has 0 spiro atoms. The second-order valence-corrected chi connectivity index (χ2v) is 8.19. The fourth-order valence-electron chi connectivity index (χ4n) is 4.55. The third kappa shape index (κ3) is 4.32. The molecule has 0 aliphatic carbocycles. The molecule has 1 heterocycles. The Morgan fingerprint density at radius 2 is 1.33 bits per heavy atom. The highest BCUT2D eigenvalue weighted by Gasteiger charge is 2.46. The molecule has 4 nitrogen and oxygen atoms in total. The summed E-state index contributed by atoms with van der Waals surface area (Å²) >= 11 is 0. The molecule has 156 valence electrons. The van der Waals surface area contributed by atoms with Gasteiger partial charge in [-0.2, -0.15) is 0 Å². The Kier molecular flexibility index (Phi) is 6.30. The fourth-order valence-corrected chi connectivity index (χ4v) is 4.55. The molecule has 3 aromatic rings. The molecule has 4 heteroatoms. The molecule has 0 bridgehead atoms. The molecule has 0 amide bonds. The maximum atomic E-state index is 11.8. The van der Waals surface area contributed by atoms with Gasteiger partial charge in [0.05, 0.1) is 17.8 Å². The van der Waals surface area contributed by atoms with E-state index in [1.54, 1.807) is 0 Å². The lowest BCUT2D eigenvalue weighted by atomic mass is 9.72. The Morgan fingerprint density at radius 1 is 0.800 bits per heavy atom. The average Bonchev–Trinajstić information content (AvgIpc) is 2.81. The molecule has 4 rings (SSSR count). The van der Waals surface area contributed by atoms with Gasteiger partial charge in [-0.25, -0.2) is 0 Å². The van der Waals surface area contributed by atoms with Gasteiger partial charge in [0.2, 0.25) is 0 Å². The number of aliphatic hydroxyl groups is 3. The Morgan fingerprint density at radius 3 is 1.93 bits per heavy atom. The van der Waals surface area contributed by atoms with Crippen molar-refractivity contribution in [2.24, 2.45) is 5.92 Å². The summed E-state index contributed by atoms with van der Waals surface area (Å²) in [5, 5.41) is 33.7. The zero-order chi connectivity index (χ0) is 21.0. The summed E-state index contributed by atoms with van der Waals surface area (Å²) < 4.78 is 0. The lowest BCUT2D eigenvalue weighted by molar-refractivity contribution is -0.126. The van der Waals surface area contributed by atoms with E-state index in [0.29, 0.717) is 26.1 Å². The molecule has 30 heavy (non-hydrogen) atoms. The van der Waals surface area contributed by atoms with Crippen molar-refractivity contribution in [2.45, 2.75) is 24.2 Å². The van der Waals surface area contributed by atoms with Gasteiger partial charge in [-0.15, -0.1) is 0 Å². The number of likely N-dealkylation sites (tertiary alicyclic amines) is 1. The maximum absolute atomic E-state index is 11.8. The average molecular weight is 404 g/mol. The van der Waals surface area contributed by atoms with Crippen molar-refractivity contribution >= 4 is 0 Å². The molecule has 3 N–H and O–H groups in total. The Bertz CT molecular complexity index is 919. The van der Waals surface area contributed by atoms with Crippen molar-refractivity contribution in [3.63, 3.8) is 0 Å². The predicted octanol–water partition coefficient (Wildman–Crippen LogP) is 3.66. The van der Waals surface area contributed by atoms with Crippen molar-refractivity contribution in [3.8, 4) is 0 Å². The van der Waals surface area contributed by atoms with Gasteiger partial charge < -0.3 is 15.3 Å². The first-order chi connectivity index (χ1) is 14.6. The molecule has 4 atom stereocenters. The number of aliphatic hydroxyl groups excluding tert-OH is 2. The van der Waals surface area contributed by atoms with E-state index in [1.807, 2.05) is 91.0 Å². The minimum Gasteiger partial charge on any atom is -0.388 e. The monoisotopic (exact) mass is 403 g/mol. The fraction of sp³-hybridized carbons (Fsp3) is 0.308. The van der Waals surface area contributed by atoms with Gasteiger partial charge in [-0.1, -0.05) is 91.0 Å². The van der Waals surface area contributed by atoms with Gasteiger partial charge in [-0.3, -0.25) is 4.90 Å². The summed E-state index contributed by atoms with van der Waals surface area (Å²) in [5.41, 5.74) is 1.36. The van der Waals surface area contributed by atoms with E-state index in [9.17, 15) is 15.3 Å². The van der Waals surface area contributed by atoms with Gasteiger partial charge in [-0.05, 0) is 23.1 Å². The van der Waals surface area contributed by atoms with E-state index in [4.69, 9.17) is 0 Å². The molecule has 1 aliphatic rings. The van der Waals surface area contributed by atoms with E-state index in [-0.39, 0.29) is 0 Å². The topological polar surface area (TPSA) is 63.9 Å². The van der Waals surface area contributed by atoms with Crippen LogP contribution in [0, 0.1) is 5.92 Å². The molecule has 0 saturated carbocycles. The number of rotatable bonds is 6. The number of hydrogen-bond donors (Lipinski definition) is 3. The summed E-state index contributed by atoms with van der Waals surface area (Å²) in [6.45, 7) is 1.60. The molecular weight excluding hydrogens is 374 g/mol. The van der Waals surface area contributed by atoms with Crippen LogP contribution in [0.2, 0.25) is 0 Å². The van der Waals surface area contributed by atoms with Crippen molar-refractivity contribution in [1.82, 2.24) is 4.90 Å². The highest BCUT2D eigenvalue weighted by Crippen LogP contribution is 2.44. The molecule has 1 saturated heterocycles. The summed E-state index contributed by atoms with van der Waals surface area (Å²) in [4.78, 5) is 2.14. The number of nitrogens with zero attached hydrogens (tertiary/aromatic N) is 1. The first kappa shape index (κ1) is 20.8. The largest absolute Gasteiger partial charge is 0.388 e. The standard InChI is InChI=1S/C26H29NO3/c28-24(20-10-4-1-5-11-20)19-27-17-16-26(30,22-14-8-3-9-15-22)23(18-27)25(29)21-12-6-2-7-13-21/h1-15,23-25,28-30H,16-19H2/t23-,24?,25?,26+/m1/s1. The van der Waals surface area contributed by atoms with Crippen LogP contribution in [0.5, 0.6) is 0 Å². The zero-order valence-electron chi connectivity index (χ0n) is 17.0. The van der Waals surface area contributed by atoms with Crippen LogP contribution in [0.25, 0.3) is 0 Å². The highest BCUT2D eigenvalue weighted by atomic mass is 16.3. The molecule has 2 unspecified atom stereocenters. The number of β-amino-alcohol motifs (C(OH)–C–C–N with tert-alkyl or cyclic N) is 1. The van der Waals surface area contributed by atoms with E-state index in [0.717, 1.165) is 16.7 Å². The summed E-state index contributed by atoms with van der Waals surface area (Å²) in [5.74, 6) is -0.418. The van der Waals surface area contributed by atoms with Gasteiger partial charge in [0.25, 0.3) is 0 Å². The van der Waals surface area contributed by atoms with Gasteiger partial charge in [0.1, 0.15) is 0 Å². The number of piperidine rings is 1. The first-order valence-electron chi connectivity index (χ1n) is 10.5. The zero-order valence-corrected chi connectivity index (χ0v) is 17.0. The van der Waals surface area contributed by atoms with Gasteiger partial charge in [0.15, 0.2) is 0 Å². The van der Waals surface area contributed by atoms with E-state index >= 15 is 0 Å². The van der Waals surface area contributed by atoms with Crippen molar-refractivity contribution in [3.05, 3.63) is 108 Å². The maximum Gasteiger partial charge on any atom is 0.0977 e. The normalized spacial score (nSPS) is 24.3. The highest BCUT2D eigenvalue weighted by molar-refractivity contribution is 5.28. The van der Waals surface area contributed by atoms with Crippen LogP contribution >= 0.6 is 0 Å². The molecule has 3 aromatic carbocycles. The van der Waals surface area contributed by atoms with Crippen molar-refractivity contribution < 1.29 is 15.3 Å². The molecular formula is C26H29NO3. The molecule has 0 aromatic heterocycles. The van der Waals surface area contributed by atoms with Crippen LogP contribution < -0.4 is 0 Å². The van der Waals surface area contributed by atoms with Crippen LogP contribution in [-0.2, 0) is 5.60 Å². The second kappa shape index (κ2) is 9.11. The lowest BCUT2D eigenvalue weighted by Gasteiger charge is -2.47. The van der Waals surface area contributed by atoms with Crippen molar-refractivity contribution in [2.75, 3.05) is 19.6 Å². The third-order valence-electron chi connectivity index (χ3n) is 6.29. The Labute approximate surface area is 178 Å². The first-order valence-corrected chi connectivity index (χ1v) is 10.5. The number of hydrogen-bond acceptors (Lipinski definition) is 4. The Hall–Kier alpha value is -2.50. The van der Waals surface area contributed by atoms with Crippen LogP contribution in [0.15, 0.2) is 91.0 Å². The quantitative estimate of drug-likeness (QED) is 0.588. The predicted molar refractivity (Wildman–Crippen MR) is 118 cm³/mol. The minimum atomic E-state index is -1.13. The summed E-state index contributed by atoms with van der Waals surface area (Å²) in [7, 11) is 0. The molecule has 1 aliphatic heterocycles. The minimum absolute atomic E-state index is 0.418. The van der Waals surface area contributed by atoms with Gasteiger partial charge in [0, 0.05) is 25.6 Å². The second-order valence-electron chi connectivity index (χ2n) is 8.19. The summed E-state index contributed by atoms with van der Waals surface area (Å²) in [6, 6.07) is 28.8. The molecule has 1 fully saturated rings. The van der Waals surface area contributed by atoms with E-state index in [2.05, 4.69) is 4.90 Å². The molecule has 0 radical (unpaired) electrons. The Balaban J connectivity index is 1.59. The number of benzene rings is 3. The smallest absolute Gasteiger partial charge is 0.0977 e. The van der Waals surface area contributed by atoms with Crippen LogP contribution in [0.4, 0.5) is 0 Å². The summed E-state index contributed by atoms with van der Waals surface area (Å²) in [6.07, 6.45) is -0.927. The van der Waals surface area contributed by atoms with Crippen LogP contribution in [0.1, 0.15) is 35.3 Å². The van der Waals surface area contributed by atoms with Crippen LogP contribution in [0.3, 0.4) is 0 Å².